The van der Waals surface area contributed by atoms with Gasteiger partial charge in [-0.25, -0.2) is 0 Å². The van der Waals surface area contributed by atoms with Gasteiger partial charge in [0.1, 0.15) is 0 Å². The van der Waals surface area contributed by atoms with Gasteiger partial charge in [0.15, 0.2) is 0 Å². The van der Waals surface area contributed by atoms with Gasteiger partial charge in [0.05, 0.1) is 6.04 Å². The summed E-state index contributed by atoms with van der Waals surface area (Å²) in [5, 5.41) is 2.61. The molecule has 0 aromatic rings. The lowest BCUT2D eigenvalue weighted by Crippen LogP contribution is -2.46. The van der Waals surface area contributed by atoms with Crippen molar-refractivity contribution in [3.63, 3.8) is 0 Å². The number of hydrogen-bond donors (Lipinski definition) is 1. The molecule has 0 aromatic heterocycles. The van der Waals surface area contributed by atoms with Crippen LogP contribution in [0, 0.1) is 0 Å². The number of nitrogens with one attached hydrogen (secondary N) is 1. The summed E-state index contributed by atoms with van der Waals surface area (Å²) in [6.45, 7) is 0.934. The number of carbonyl (C=O) groups is 1. The van der Waals surface area contributed by atoms with Gasteiger partial charge < -0.3 is 5.32 Å². The second-order valence-electron chi connectivity index (χ2n) is 1.60. The molecule has 1 fully saturated rings. The maximum absolute atomic E-state index is 10.1. The third-order valence-corrected chi connectivity index (χ3v) is 1.36. The standard InChI is InChI=1S/C4H6ClNO/c5-4(7)3-1-2-6-3/h3,6H,1-2H2/t3-/m1/s1. The van der Waals surface area contributed by atoms with Gasteiger partial charge in [-0.05, 0) is 24.6 Å². The normalized spacial score (nSPS) is 29.0. The fourth-order valence-corrected chi connectivity index (χ4v) is 0.669. The molecule has 1 rings (SSSR count). The number of halogens is 1. The minimum Gasteiger partial charge on any atom is -0.306 e. The van der Waals surface area contributed by atoms with E-state index in [4.69, 9.17) is 11.6 Å². The third-order valence-electron chi connectivity index (χ3n) is 1.10. The minimum atomic E-state index is -0.258. The van der Waals surface area contributed by atoms with Crippen LogP contribution in [0.1, 0.15) is 6.42 Å². The van der Waals surface area contributed by atoms with Crippen LogP contribution >= 0.6 is 11.6 Å². The topological polar surface area (TPSA) is 29.1 Å². The molecule has 1 N–H and O–H groups in total. The molecule has 1 saturated heterocycles. The Bertz CT molecular complexity index is 89.7. The monoisotopic (exact) mass is 119 g/mol. The molecule has 1 aliphatic rings. The lowest BCUT2D eigenvalue weighted by atomic mass is 10.1. The first kappa shape index (κ1) is 5.06. The van der Waals surface area contributed by atoms with Crippen LogP contribution in [0.15, 0.2) is 0 Å². The highest BCUT2D eigenvalue weighted by molar-refractivity contribution is 6.64. The summed E-state index contributed by atoms with van der Waals surface area (Å²) >= 11 is 5.08. The fourth-order valence-electron chi connectivity index (χ4n) is 0.482. The molecule has 0 saturated carbocycles. The maximum atomic E-state index is 10.1. The molecule has 2 nitrogen and oxygen atoms in total. The Morgan fingerprint density at radius 1 is 1.86 bits per heavy atom. The predicted octanol–water partition coefficient (Wildman–Crippen LogP) is 0.114. The van der Waals surface area contributed by atoms with Gasteiger partial charge in [0.2, 0.25) is 5.24 Å². The average molecular weight is 120 g/mol. The Morgan fingerprint density at radius 3 is 2.43 bits per heavy atom. The minimum absolute atomic E-state index is 0.0401. The third kappa shape index (κ3) is 0.924. The molecule has 0 amide bonds. The van der Waals surface area contributed by atoms with Crippen LogP contribution in [-0.2, 0) is 4.79 Å². The number of hydrogen-bond acceptors (Lipinski definition) is 2. The Labute approximate surface area is 46.8 Å². The van der Waals surface area contributed by atoms with Crippen molar-refractivity contribution in [2.24, 2.45) is 0 Å². The highest BCUT2D eigenvalue weighted by atomic mass is 35.5. The maximum Gasteiger partial charge on any atom is 0.238 e. The summed E-state index contributed by atoms with van der Waals surface area (Å²) in [7, 11) is 0. The van der Waals surface area contributed by atoms with E-state index < -0.39 is 0 Å². The molecule has 0 spiro atoms. The van der Waals surface area contributed by atoms with Gasteiger partial charge in [0.25, 0.3) is 0 Å². The summed E-state index contributed by atoms with van der Waals surface area (Å²) in [5.74, 6) is 0. The van der Waals surface area contributed by atoms with Gasteiger partial charge >= 0.3 is 0 Å². The molecule has 0 bridgehead atoms. The predicted molar refractivity (Wildman–Crippen MR) is 27.3 cm³/mol. The van der Waals surface area contributed by atoms with Crippen LogP contribution in [0.2, 0.25) is 0 Å². The Morgan fingerprint density at radius 2 is 2.43 bits per heavy atom. The van der Waals surface area contributed by atoms with Crippen LogP contribution in [0.5, 0.6) is 0 Å². The van der Waals surface area contributed by atoms with Crippen molar-refractivity contribution in [1.29, 1.82) is 0 Å². The zero-order valence-electron chi connectivity index (χ0n) is 3.78. The average Bonchev–Trinajstić information content (AvgIpc) is 1.23. The molecule has 3 heteroatoms. The molecule has 0 radical (unpaired) electrons. The second kappa shape index (κ2) is 1.80. The molecular weight excluding hydrogens is 114 g/mol. The summed E-state index contributed by atoms with van der Waals surface area (Å²) in [6, 6.07) is -0.0401. The van der Waals surface area contributed by atoms with Crippen molar-refractivity contribution in [1.82, 2.24) is 5.32 Å². The summed E-state index contributed by atoms with van der Waals surface area (Å²) in [4.78, 5) is 10.1. The quantitative estimate of drug-likeness (QED) is 0.497. The first-order valence-corrected chi connectivity index (χ1v) is 2.61. The highest BCUT2D eigenvalue weighted by Gasteiger charge is 2.21. The molecule has 7 heavy (non-hydrogen) atoms. The van der Waals surface area contributed by atoms with Crippen molar-refractivity contribution < 1.29 is 4.79 Å². The molecule has 0 aliphatic carbocycles. The van der Waals surface area contributed by atoms with E-state index >= 15 is 0 Å². The van der Waals surface area contributed by atoms with Crippen molar-refractivity contribution in [2.45, 2.75) is 12.5 Å². The molecular formula is C4H6ClNO. The molecule has 0 aromatic carbocycles. The van der Waals surface area contributed by atoms with Gasteiger partial charge in [-0.2, -0.15) is 0 Å². The molecule has 1 aliphatic heterocycles. The summed E-state index contributed by atoms with van der Waals surface area (Å²) in [5.41, 5.74) is 0. The van der Waals surface area contributed by atoms with E-state index in [0.29, 0.717) is 0 Å². The zero-order valence-corrected chi connectivity index (χ0v) is 4.53. The first-order valence-electron chi connectivity index (χ1n) is 2.23. The van der Waals surface area contributed by atoms with E-state index in [2.05, 4.69) is 5.32 Å². The van der Waals surface area contributed by atoms with Crippen LogP contribution < -0.4 is 5.32 Å². The van der Waals surface area contributed by atoms with E-state index in [1.54, 1.807) is 0 Å². The van der Waals surface area contributed by atoms with Crippen LogP contribution in [0.3, 0.4) is 0 Å². The highest BCUT2D eigenvalue weighted by Crippen LogP contribution is 2.04. The summed E-state index contributed by atoms with van der Waals surface area (Å²) < 4.78 is 0. The van der Waals surface area contributed by atoms with E-state index in [9.17, 15) is 4.79 Å². The van der Waals surface area contributed by atoms with Gasteiger partial charge in [0, 0.05) is 0 Å². The van der Waals surface area contributed by atoms with E-state index in [1.165, 1.54) is 0 Å². The van der Waals surface area contributed by atoms with Gasteiger partial charge in [-0.3, -0.25) is 4.79 Å². The van der Waals surface area contributed by atoms with Crippen molar-refractivity contribution in [2.75, 3.05) is 6.54 Å². The van der Waals surface area contributed by atoms with E-state index in [1.807, 2.05) is 0 Å². The van der Waals surface area contributed by atoms with Crippen LogP contribution in [0.4, 0.5) is 0 Å². The van der Waals surface area contributed by atoms with Gasteiger partial charge in [-0.1, -0.05) is 0 Å². The van der Waals surface area contributed by atoms with Crippen LogP contribution in [-0.4, -0.2) is 17.8 Å². The molecule has 1 atom stereocenters. The Kier molecular flexibility index (Phi) is 1.30. The number of rotatable bonds is 1. The smallest absolute Gasteiger partial charge is 0.238 e. The summed E-state index contributed by atoms with van der Waals surface area (Å²) in [6.07, 6.45) is 0.905. The SMILES string of the molecule is O=C(Cl)[C@H]1CCN1. The zero-order chi connectivity index (χ0) is 5.28. The van der Waals surface area contributed by atoms with Crippen LogP contribution in [0.25, 0.3) is 0 Å². The van der Waals surface area contributed by atoms with Crippen molar-refractivity contribution >= 4 is 16.8 Å². The largest absolute Gasteiger partial charge is 0.306 e. The fraction of sp³-hybridized carbons (Fsp3) is 0.750. The van der Waals surface area contributed by atoms with Crippen molar-refractivity contribution in [3.05, 3.63) is 0 Å². The first-order chi connectivity index (χ1) is 3.30. The number of carbonyl (C=O) groups excluding carboxylic acids is 1. The van der Waals surface area contributed by atoms with Crippen molar-refractivity contribution in [3.8, 4) is 0 Å². The second-order valence-corrected chi connectivity index (χ2v) is 1.97. The van der Waals surface area contributed by atoms with E-state index in [-0.39, 0.29) is 11.3 Å². The lowest BCUT2D eigenvalue weighted by molar-refractivity contribution is -0.114. The lowest BCUT2D eigenvalue weighted by Gasteiger charge is -2.22. The Balaban J connectivity index is 2.27. The van der Waals surface area contributed by atoms with E-state index in [0.717, 1.165) is 13.0 Å². The molecule has 40 valence electrons. The molecule has 0 unspecified atom stereocenters. The molecule has 1 heterocycles. The van der Waals surface area contributed by atoms with Gasteiger partial charge in [-0.15, -0.1) is 0 Å². The Hall–Kier alpha value is -0.0800.